The highest BCUT2D eigenvalue weighted by Gasteiger charge is 2.37. The molecule has 1 N–H and O–H groups in total. The van der Waals surface area contributed by atoms with E-state index in [4.69, 9.17) is 27.9 Å². The normalized spacial score (nSPS) is 15.0. The van der Waals surface area contributed by atoms with E-state index in [1.165, 1.54) is 6.08 Å². The molecule has 8 heteroatoms. The van der Waals surface area contributed by atoms with Crippen LogP contribution in [0.2, 0.25) is 10.0 Å². The molecule has 0 bridgehead atoms. The van der Waals surface area contributed by atoms with Gasteiger partial charge in [0.25, 0.3) is 11.8 Å². The third kappa shape index (κ3) is 4.83. The second-order valence-electron chi connectivity index (χ2n) is 7.81. The molecule has 4 rings (SSSR count). The van der Waals surface area contributed by atoms with Gasteiger partial charge in [-0.15, -0.1) is 0 Å². The summed E-state index contributed by atoms with van der Waals surface area (Å²) in [4.78, 5) is 38.9. The fraction of sp³-hybridized carbons (Fsp3) is 0.115. The molecular weight excluding hydrogens is 475 g/mol. The fourth-order valence-corrected chi connectivity index (χ4v) is 3.98. The maximum absolute atomic E-state index is 13.1. The van der Waals surface area contributed by atoms with Gasteiger partial charge in [-0.2, -0.15) is 0 Å². The summed E-state index contributed by atoms with van der Waals surface area (Å²) in [7, 11) is 0. The average Bonchev–Trinajstić information content (AvgIpc) is 2.79. The van der Waals surface area contributed by atoms with Crippen LogP contribution in [0.3, 0.4) is 0 Å². The Kier molecular flexibility index (Phi) is 6.72. The first-order valence-corrected chi connectivity index (χ1v) is 11.1. The molecule has 6 nitrogen and oxygen atoms in total. The fourth-order valence-electron chi connectivity index (χ4n) is 3.57. The predicted molar refractivity (Wildman–Crippen MR) is 132 cm³/mol. The van der Waals surface area contributed by atoms with Crippen molar-refractivity contribution in [3.8, 4) is 5.75 Å². The number of hydrogen-bond donors (Lipinski definition) is 1. The van der Waals surface area contributed by atoms with Crippen LogP contribution in [-0.2, 0) is 16.2 Å². The van der Waals surface area contributed by atoms with Crippen LogP contribution in [0.25, 0.3) is 6.08 Å². The summed E-state index contributed by atoms with van der Waals surface area (Å²) in [5, 5.41) is 2.92. The van der Waals surface area contributed by atoms with E-state index >= 15 is 0 Å². The van der Waals surface area contributed by atoms with Crippen molar-refractivity contribution in [3.63, 3.8) is 0 Å². The first kappa shape index (κ1) is 23.5. The molecule has 0 aliphatic carbocycles. The molecule has 34 heavy (non-hydrogen) atoms. The molecule has 1 saturated heterocycles. The van der Waals surface area contributed by atoms with Gasteiger partial charge >= 0.3 is 6.03 Å². The van der Waals surface area contributed by atoms with E-state index in [-0.39, 0.29) is 5.57 Å². The van der Waals surface area contributed by atoms with Crippen LogP contribution in [0.15, 0.2) is 66.2 Å². The molecule has 1 aliphatic rings. The maximum Gasteiger partial charge on any atom is 0.335 e. The van der Waals surface area contributed by atoms with Crippen LogP contribution in [0.1, 0.15) is 22.3 Å². The van der Waals surface area contributed by atoms with E-state index in [9.17, 15) is 14.4 Å². The SMILES string of the molecule is Cc1cccc(COc2ccc(/C=C3\C(=O)NC(=O)N(c4cccc(Cl)c4C)C3=O)cc2Cl)c1. The van der Waals surface area contributed by atoms with E-state index in [1.807, 2.05) is 31.2 Å². The number of halogens is 2. The van der Waals surface area contributed by atoms with Gasteiger partial charge in [0.2, 0.25) is 0 Å². The molecule has 0 unspecified atom stereocenters. The molecule has 0 radical (unpaired) electrons. The minimum absolute atomic E-state index is 0.205. The van der Waals surface area contributed by atoms with Crippen LogP contribution in [0.5, 0.6) is 5.75 Å². The zero-order chi connectivity index (χ0) is 24.4. The minimum Gasteiger partial charge on any atom is -0.487 e. The monoisotopic (exact) mass is 494 g/mol. The second-order valence-corrected chi connectivity index (χ2v) is 8.62. The number of anilines is 1. The van der Waals surface area contributed by atoms with Crippen LogP contribution in [0, 0.1) is 13.8 Å². The molecule has 3 aromatic carbocycles. The predicted octanol–water partition coefficient (Wildman–Crippen LogP) is 5.86. The highest BCUT2D eigenvalue weighted by molar-refractivity contribution is 6.40. The Labute approximate surface area is 206 Å². The lowest BCUT2D eigenvalue weighted by molar-refractivity contribution is -0.122. The van der Waals surface area contributed by atoms with E-state index in [2.05, 4.69) is 5.32 Å². The van der Waals surface area contributed by atoms with Gasteiger partial charge in [-0.25, -0.2) is 9.69 Å². The molecule has 1 aliphatic heterocycles. The summed E-state index contributed by atoms with van der Waals surface area (Å²) < 4.78 is 5.81. The van der Waals surface area contributed by atoms with Crippen molar-refractivity contribution in [2.75, 3.05) is 4.90 Å². The molecule has 3 aromatic rings. The van der Waals surface area contributed by atoms with Crippen LogP contribution in [-0.4, -0.2) is 17.8 Å². The lowest BCUT2D eigenvalue weighted by atomic mass is 10.1. The maximum atomic E-state index is 13.1. The number of rotatable bonds is 5. The number of carbonyl (C=O) groups is 3. The molecule has 4 amide bonds. The number of hydrogen-bond acceptors (Lipinski definition) is 4. The van der Waals surface area contributed by atoms with Gasteiger partial charge < -0.3 is 4.74 Å². The van der Waals surface area contributed by atoms with Gasteiger partial charge in [-0.3, -0.25) is 14.9 Å². The Balaban J connectivity index is 1.59. The van der Waals surface area contributed by atoms with Crippen LogP contribution < -0.4 is 15.0 Å². The molecule has 1 fully saturated rings. The van der Waals surface area contributed by atoms with Gasteiger partial charge in [0, 0.05) is 5.02 Å². The van der Waals surface area contributed by atoms with E-state index in [0.29, 0.717) is 39.2 Å². The van der Waals surface area contributed by atoms with Gasteiger partial charge in [0.1, 0.15) is 17.9 Å². The van der Waals surface area contributed by atoms with Crippen molar-refractivity contribution in [2.45, 2.75) is 20.5 Å². The lowest BCUT2D eigenvalue weighted by Crippen LogP contribution is -2.54. The van der Waals surface area contributed by atoms with Gasteiger partial charge in [0.05, 0.1) is 10.7 Å². The number of amides is 4. The molecule has 1 heterocycles. The summed E-state index contributed by atoms with van der Waals surface area (Å²) in [5.41, 5.74) is 3.27. The number of imide groups is 2. The number of nitrogens with zero attached hydrogens (tertiary/aromatic N) is 1. The topological polar surface area (TPSA) is 75.7 Å². The van der Waals surface area contributed by atoms with Crippen molar-refractivity contribution in [3.05, 3.63) is 98.5 Å². The summed E-state index contributed by atoms with van der Waals surface area (Å²) in [6, 6.07) is 16.9. The minimum atomic E-state index is -0.838. The first-order valence-electron chi connectivity index (χ1n) is 10.4. The van der Waals surface area contributed by atoms with Gasteiger partial charge in [0.15, 0.2) is 0 Å². The van der Waals surface area contributed by atoms with E-state index in [1.54, 1.807) is 43.3 Å². The summed E-state index contributed by atoms with van der Waals surface area (Å²) >= 11 is 12.5. The Morgan fingerprint density at radius 3 is 2.44 bits per heavy atom. The number of nitrogens with one attached hydrogen (secondary N) is 1. The summed E-state index contributed by atoms with van der Waals surface area (Å²) in [6.45, 7) is 4.04. The molecule has 0 aromatic heterocycles. The second kappa shape index (κ2) is 9.71. The molecule has 0 saturated carbocycles. The molecule has 172 valence electrons. The summed E-state index contributed by atoms with van der Waals surface area (Å²) in [5.74, 6) is -1.08. The Bertz CT molecular complexity index is 1350. The van der Waals surface area contributed by atoms with Crippen molar-refractivity contribution >= 4 is 52.8 Å². The zero-order valence-electron chi connectivity index (χ0n) is 18.4. The number of barbiturate groups is 1. The number of ether oxygens (including phenoxy) is 1. The number of urea groups is 1. The third-order valence-electron chi connectivity index (χ3n) is 5.33. The van der Waals surface area contributed by atoms with Crippen molar-refractivity contribution in [1.29, 1.82) is 0 Å². The number of aryl methyl sites for hydroxylation is 1. The molecular formula is C26H20Cl2N2O4. The van der Waals surface area contributed by atoms with Crippen LogP contribution in [0.4, 0.5) is 10.5 Å². The van der Waals surface area contributed by atoms with Crippen LogP contribution >= 0.6 is 23.2 Å². The lowest BCUT2D eigenvalue weighted by Gasteiger charge is -2.27. The quantitative estimate of drug-likeness (QED) is 0.356. The highest BCUT2D eigenvalue weighted by Crippen LogP contribution is 2.31. The van der Waals surface area contributed by atoms with Gasteiger partial charge in [-0.1, -0.05) is 65.2 Å². The van der Waals surface area contributed by atoms with Crippen molar-refractivity contribution in [2.24, 2.45) is 0 Å². The zero-order valence-corrected chi connectivity index (χ0v) is 19.9. The smallest absolute Gasteiger partial charge is 0.335 e. The Morgan fingerprint density at radius 1 is 0.941 bits per heavy atom. The Morgan fingerprint density at radius 2 is 1.71 bits per heavy atom. The standard InChI is InChI=1S/C26H20Cl2N2O4/c1-15-5-3-6-18(11-15)14-34-23-10-9-17(13-21(23)28)12-19-24(31)29-26(33)30(25(19)32)22-8-4-7-20(27)16(22)2/h3-13H,14H2,1-2H3,(H,29,31,33)/b19-12+. The largest absolute Gasteiger partial charge is 0.487 e. The summed E-state index contributed by atoms with van der Waals surface area (Å²) in [6.07, 6.45) is 1.38. The van der Waals surface area contributed by atoms with E-state index in [0.717, 1.165) is 16.0 Å². The number of carbonyl (C=O) groups excluding carboxylic acids is 3. The average molecular weight is 495 g/mol. The molecule has 0 atom stereocenters. The highest BCUT2D eigenvalue weighted by atomic mass is 35.5. The molecule has 0 spiro atoms. The first-order chi connectivity index (χ1) is 16.2. The van der Waals surface area contributed by atoms with Crippen molar-refractivity contribution < 1.29 is 19.1 Å². The van der Waals surface area contributed by atoms with E-state index < -0.39 is 17.8 Å². The Hall–Kier alpha value is -3.61. The third-order valence-corrected chi connectivity index (χ3v) is 6.03. The number of benzene rings is 3. The van der Waals surface area contributed by atoms with Gasteiger partial charge in [-0.05, 0) is 60.9 Å². The van der Waals surface area contributed by atoms with Crippen molar-refractivity contribution in [1.82, 2.24) is 5.32 Å².